The molecule has 0 aliphatic heterocycles. The fourth-order valence-electron chi connectivity index (χ4n) is 1.87. The quantitative estimate of drug-likeness (QED) is 0.893. The van der Waals surface area contributed by atoms with Gasteiger partial charge in [0.1, 0.15) is 5.75 Å². The minimum absolute atomic E-state index is 0.832. The number of pyridine rings is 1. The number of rotatable bonds is 5. The van der Waals surface area contributed by atoms with E-state index < -0.39 is 0 Å². The molecule has 1 N–H and O–H groups in total. The van der Waals surface area contributed by atoms with Crippen LogP contribution in [-0.2, 0) is 6.54 Å². The van der Waals surface area contributed by atoms with Crippen molar-refractivity contribution >= 4 is 11.4 Å². The molecule has 0 aliphatic carbocycles. The number of nitrogens with zero attached hydrogens (tertiary/aromatic N) is 2. The van der Waals surface area contributed by atoms with E-state index in [1.54, 1.807) is 7.11 Å². The molecule has 19 heavy (non-hydrogen) atoms. The van der Waals surface area contributed by atoms with Crippen molar-refractivity contribution in [2.75, 3.05) is 31.4 Å². The predicted molar refractivity (Wildman–Crippen MR) is 78.9 cm³/mol. The second kappa shape index (κ2) is 6.09. The number of benzene rings is 1. The van der Waals surface area contributed by atoms with E-state index >= 15 is 0 Å². The molecule has 0 fully saturated rings. The lowest BCUT2D eigenvalue weighted by Crippen LogP contribution is -2.16. The lowest BCUT2D eigenvalue weighted by Gasteiger charge is -2.19. The highest BCUT2D eigenvalue weighted by molar-refractivity contribution is 5.55. The van der Waals surface area contributed by atoms with E-state index in [-0.39, 0.29) is 0 Å². The third kappa shape index (κ3) is 3.37. The van der Waals surface area contributed by atoms with Gasteiger partial charge in [-0.3, -0.25) is 4.98 Å². The molecule has 0 unspecified atom stereocenters. The third-order valence-electron chi connectivity index (χ3n) is 3.03. The predicted octanol–water partition coefficient (Wildman–Crippen LogP) is 2.77. The maximum absolute atomic E-state index is 5.16. The first-order chi connectivity index (χ1) is 9.22. The molecule has 2 rings (SSSR count). The molecule has 0 saturated carbocycles. The van der Waals surface area contributed by atoms with Gasteiger partial charge in [0, 0.05) is 20.6 Å². The second-order valence-electron chi connectivity index (χ2n) is 4.39. The number of methoxy groups -OCH3 is 1. The minimum Gasteiger partial charge on any atom is -0.497 e. The van der Waals surface area contributed by atoms with Gasteiger partial charge in [0.25, 0.3) is 0 Å². The Hall–Kier alpha value is -2.23. The summed E-state index contributed by atoms with van der Waals surface area (Å²) in [5.41, 5.74) is 3.33. The van der Waals surface area contributed by atoms with Crippen LogP contribution < -0.4 is 15.0 Å². The molecule has 0 amide bonds. The Morgan fingerprint density at radius 2 is 1.95 bits per heavy atom. The van der Waals surface area contributed by atoms with Gasteiger partial charge in [-0.15, -0.1) is 0 Å². The number of nitrogens with one attached hydrogen (secondary N) is 1. The van der Waals surface area contributed by atoms with E-state index in [4.69, 9.17) is 4.74 Å². The molecule has 4 heteroatoms. The SMILES string of the molecule is CNc1cncc(N(C)Cc2ccc(OC)cc2)c1. The normalized spacial score (nSPS) is 10.1. The summed E-state index contributed by atoms with van der Waals surface area (Å²) in [7, 11) is 5.63. The van der Waals surface area contributed by atoms with Crippen LogP contribution in [0.3, 0.4) is 0 Å². The van der Waals surface area contributed by atoms with E-state index in [1.165, 1.54) is 5.56 Å². The number of hydrogen-bond acceptors (Lipinski definition) is 4. The molecule has 0 saturated heterocycles. The monoisotopic (exact) mass is 257 g/mol. The van der Waals surface area contributed by atoms with Gasteiger partial charge in [0.2, 0.25) is 0 Å². The Morgan fingerprint density at radius 3 is 2.58 bits per heavy atom. The molecule has 0 atom stereocenters. The van der Waals surface area contributed by atoms with E-state index in [2.05, 4.69) is 40.4 Å². The van der Waals surface area contributed by atoms with Gasteiger partial charge in [-0.25, -0.2) is 0 Å². The van der Waals surface area contributed by atoms with Crippen LogP contribution >= 0.6 is 0 Å². The molecule has 1 aromatic carbocycles. The Kier molecular flexibility index (Phi) is 4.23. The van der Waals surface area contributed by atoms with Crippen LogP contribution in [0.1, 0.15) is 5.56 Å². The highest BCUT2D eigenvalue weighted by Crippen LogP contribution is 2.19. The summed E-state index contributed by atoms with van der Waals surface area (Å²) in [6, 6.07) is 10.2. The van der Waals surface area contributed by atoms with Crippen LogP contribution in [0.2, 0.25) is 0 Å². The number of aromatic nitrogens is 1. The minimum atomic E-state index is 0.832. The molecule has 0 bridgehead atoms. The highest BCUT2D eigenvalue weighted by atomic mass is 16.5. The summed E-state index contributed by atoms with van der Waals surface area (Å²) >= 11 is 0. The van der Waals surface area contributed by atoms with Crippen molar-refractivity contribution in [1.82, 2.24) is 4.98 Å². The van der Waals surface area contributed by atoms with Crippen molar-refractivity contribution in [3.63, 3.8) is 0 Å². The zero-order valence-electron chi connectivity index (χ0n) is 11.6. The molecule has 100 valence electrons. The first-order valence-electron chi connectivity index (χ1n) is 6.20. The van der Waals surface area contributed by atoms with Crippen molar-refractivity contribution in [2.45, 2.75) is 6.54 Å². The molecule has 0 radical (unpaired) electrons. The zero-order chi connectivity index (χ0) is 13.7. The molecular formula is C15H19N3O. The number of anilines is 2. The van der Waals surface area contributed by atoms with Gasteiger partial charge in [0.15, 0.2) is 0 Å². The molecule has 0 spiro atoms. The van der Waals surface area contributed by atoms with Crippen molar-refractivity contribution < 1.29 is 4.74 Å². The van der Waals surface area contributed by atoms with Crippen molar-refractivity contribution in [3.8, 4) is 5.75 Å². The van der Waals surface area contributed by atoms with Crippen molar-refractivity contribution in [2.24, 2.45) is 0 Å². The lowest BCUT2D eigenvalue weighted by molar-refractivity contribution is 0.414. The number of hydrogen-bond donors (Lipinski definition) is 1. The molecule has 4 nitrogen and oxygen atoms in total. The summed E-state index contributed by atoms with van der Waals surface area (Å²) in [6.45, 7) is 0.832. The Labute approximate surface area is 114 Å². The number of ether oxygens (including phenoxy) is 1. The molecular weight excluding hydrogens is 238 g/mol. The topological polar surface area (TPSA) is 37.4 Å². The maximum atomic E-state index is 5.16. The van der Waals surface area contributed by atoms with E-state index in [0.717, 1.165) is 23.7 Å². The Morgan fingerprint density at radius 1 is 1.21 bits per heavy atom. The Balaban J connectivity index is 2.08. The fraction of sp³-hybridized carbons (Fsp3) is 0.267. The van der Waals surface area contributed by atoms with Crippen LogP contribution in [0.4, 0.5) is 11.4 Å². The largest absolute Gasteiger partial charge is 0.497 e. The highest BCUT2D eigenvalue weighted by Gasteiger charge is 2.04. The average Bonchev–Trinajstić information content (AvgIpc) is 2.48. The van der Waals surface area contributed by atoms with Gasteiger partial charge in [0.05, 0.1) is 30.9 Å². The Bertz CT molecular complexity index is 525. The standard InChI is InChI=1S/C15H19N3O/c1-16-13-8-14(10-17-9-13)18(2)11-12-4-6-15(19-3)7-5-12/h4-10,16H,11H2,1-3H3. The van der Waals surface area contributed by atoms with Crippen LogP contribution in [0.15, 0.2) is 42.7 Å². The summed E-state index contributed by atoms with van der Waals surface area (Å²) in [6.07, 6.45) is 3.68. The smallest absolute Gasteiger partial charge is 0.118 e. The molecule has 1 heterocycles. The first kappa shape index (κ1) is 13.2. The van der Waals surface area contributed by atoms with Gasteiger partial charge < -0.3 is 15.0 Å². The van der Waals surface area contributed by atoms with E-state index in [9.17, 15) is 0 Å². The summed E-state index contributed by atoms with van der Waals surface area (Å²) in [5.74, 6) is 0.880. The van der Waals surface area contributed by atoms with Crippen LogP contribution in [0, 0.1) is 0 Å². The van der Waals surface area contributed by atoms with Gasteiger partial charge in [-0.2, -0.15) is 0 Å². The second-order valence-corrected chi connectivity index (χ2v) is 4.39. The van der Waals surface area contributed by atoms with Crippen molar-refractivity contribution in [3.05, 3.63) is 48.3 Å². The van der Waals surface area contributed by atoms with E-state index in [0.29, 0.717) is 0 Å². The molecule has 2 aromatic rings. The van der Waals surface area contributed by atoms with Crippen LogP contribution in [-0.4, -0.2) is 26.2 Å². The molecule has 1 aromatic heterocycles. The van der Waals surface area contributed by atoms with Gasteiger partial charge >= 0.3 is 0 Å². The van der Waals surface area contributed by atoms with Crippen LogP contribution in [0.25, 0.3) is 0 Å². The van der Waals surface area contributed by atoms with Gasteiger partial charge in [-0.05, 0) is 23.8 Å². The van der Waals surface area contributed by atoms with Gasteiger partial charge in [-0.1, -0.05) is 12.1 Å². The first-order valence-corrected chi connectivity index (χ1v) is 6.20. The summed E-state index contributed by atoms with van der Waals surface area (Å²) in [4.78, 5) is 6.38. The van der Waals surface area contributed by atoms with Crippen LogP contribution in [0.5, 0.6) is 5.75 Å². The summed E-state index contributed by atoms with van der Waals surface area (Å²) in [5, 5.41) is 3.10. The molecule has 0 aliphatic rings. The lowest BCUT2D eigenvalue weighted by atomic mass is 10.2. The summed E-state index contributed by atoms with van der Waals surface area (Å²) < 4.78 is 5.16. The maximum Gasteiger partial charge on any atom is 0.118 e. The zero-order valence-corrected chi connectivity index (χ0v) is 11.6. The third-order valence-corrected chi connectivity index (χ3v) is 3.03. The average molecular weight is 257 g/mol. The van der Waals surface area contributed by atoms with E-state index in [1.807, 2.05) is 31.6 Å². The fourth-order valence-corrected chi connectivity index (χ4v) is 1.87. The van der Waals surface area contributed by atoms with Crippen molar-refractivity contribution in [1.29, 1.82) is 0 Å².